The topological polar surface area (TPSA) is 38.0 Å². The van der Waals surface area contributed by atoms with E-state index in [2.05, 4.69) is 39.9 Å². The van der Waals surface area contributed by atoms with Crippen LogP contribution in [0.5, 0.6) is 0 Å². The maximum absolute atomic E-state index is 6.09. The second-order valence-corrected chi connectivity index (χ2v) is 7.75. The van der Waals surface area contributed by atoms with Gasteiger partial charge < -0.3 is 11.1 Å². The van der Waals surface area contributed by atoms with Gasteiger partial charge in [-0.25, -0.2) is 0 Å². The fourth-order valence-electron chi connectivity index (χ4n) is 3.15. The van der Waals surface area contributed by atoms with Crippen LogP contribution in [-0.4, -0.2) is 18.6 Å². The van der Waals surface area contributed by atoms with E-state index < -0.39 is 0 Å². The first-order valence-electron chi connectivity index (χ1n) is 7.74. The van der Waals surface area contributed by atoms with Crippen molar-refractivity contribution in [2.24, 2.45) is 23.0 Å². The van der Waals surface area contributed by atoms with Crippen molar-refractivity contribution < 1.29 is 0 Å². The van der Waals surface area contributed by atoms with E-state index in [9.17, 15) is 0 Å². The van der Waals surface area contributed by atoms with Crippen LogP contribution in [0.1, 0.15) is 66.7 Å². The summed E-state index contributed by atoms with van der Waals surface area (Å²) in [6.07, 6.45) is 6.52. The number of rotatable bonds is 4. The molecule has 1 aliphatic carbocycles. The molecule has 0 saturated heterocycles. The van der Waals surface area contributed by atoms with Gasteiger partial charge in [0.05, 0.1) is 0 Å². The second kappa shape index (κ2) is 6.38. The highest BCUT2D eigenvalue weighted by Crippen LogP contribution is 2.39. The fraction of sp³-hybridized carbons (Fsp3) is 1.00. The van der Waals surface area contributed by atoms with Gasteiger partial charge in [0.15, 0.2) is 0 Å². The molecular formula is C16H34N2. The van der Waals surface area contributed by atoms with Crippen LogP contribution in [0, 0.1) is 17.3 Å². The van der Waals surface area contributed by atoms with E-state index in [0.717, 1.165) is 19.0 Å². The maximum atomic E-state index is 6.09. The summed E-state index contributed by atoms with van der Waals surface area (Å²) in [5.41, 5.74) is 6.75. The molecule has 0 spiro atoms. The third-order valence-corrected chi connectivity index (χ3v) is 4.68. The van der Waals surface area contributed by atoms with Crippen molar-refractivity contribution in [3.05, 3.63) is 0 Å². The Morgan fingerprint density at radius 1 is 1.22 bits per heavy atom. The Morgan fingerprint density at radius 3 is 2.39 bits per heavy atom. The molecule has 0 amide bonds. The third-order valence-electron chi connectivity index (χ3n) is 4.68. The summed E-state index contributed by atoms with van der Waals surface area (Å²) in [7, 11) is 0. The molecular weight excluding hydrogens is 220 g/mol. The highest BCUT2D eigenvalue weighted by atomic mass is 15.0. The highest BCUT2D eigenvalue weighted by Gasteiger charge is 2.34. The standard InChI is InChI=1S/C16H34N2/c1-13(2)11-18-16(12-17)9-6-7-14(8-10-16)15(3,4)5/h13-14,18H,6-12,17H2,1-5H3. The molecule has 1 aliphatic rings. The minimum Gasteiger partial charge on any atom is -0.329 e. The molecule has 0 aromatic rings. The SMILES string of the molecule is CC(C)CNC1(CN)CCCC(C(C)(C)C)CC1. The maximum Gasteiger partial charge on any atom is 0.0304 e. The lowest BCUT2D eigenvalue weighted by Crippen LogP contribution is -2.52. The molecule has 0 heterocycles. The van der Waals surface area contributed by atoms with Crippen LogP contribution < -0.4 is 11.1 Å². The molecule has 2 heteroatoms. The summed E-state index contributed by atoms with van der Waals surface area (Å²) in [4.78, 5) is 0. The summed E-state index contributed by atoms with van der Waals surface area (Å²) in [6.45, 7) is 13.6. The number of nitrogens with one attached hydrogen (secondary N) is 1. The quantitative estimate of drug-likeness (QED) is 0.753. The average molecular weight is 254 g/mol. The van der Waals surface area contributed by atoms with Crippen molar-refractivity contribution in [3.63, 3.8) is 0 Å². The van der Waals surface area contributed by atoms with Crippen molar-refractivity contribution in [2.75, 3.05) is 13.1 Å². The van der Waals surface area contributed by atoms with Gasteiger partial charge in [-0.2, -0.15) is 0 Å². The Balaban J connectivity index is 2.61. The Labute approximate surface area is 114 Å². The van der Waals surface area contributed by atoms with Gasteiger partial charge in [-0.05, 0) is 49.5 Å². The van der Waals surface area contributed by atoms with E-state index in [1.165, 1.54) is 32.1 Å². The molecule has 1 saturated carbocycles. The van der Waals surface area contributed by atoms with E-state index in [1.54, 1.807) is 0 Å². The predicted molar refractivity (Wildman–Crippen MR) is 80.7 cm³/mol. The minimum atomic E-state index is 0.213. The van der Waals surface area contributed by atoms with Crippen LogP contribution >= 0.6 is 0 Å². The zero-order valence-corrected chi connectivity index (χ0v) is 13.2. The highest BCUT2D eigenvalue weighted by molar-refractivity contribution is 4.93. The largest absolute Gasteiger partial charge is 0.329 e. The van der Waals surface area contributed by atoms with E-state index in [-0.39, 0.29) is 5.54 Å². The molecule has 0 aromatic heterocycles. The predicted octanol–water partition coefficient (Wildman–Crippen LogP) is 3.56. The molecule has 0 radical (unpaired) electrons. The number of nitrogens with two attached hydrogens (primary N) is 1. The van der Waals surface area contributed by atoms with Gasteiger partial charge in [0.1, 0.15) is 0 Å². The number of hydrogen-bond donors (Lipinski definition) is 2. The monoisotopic (exact) mass is 254 g/mol. The molecule has 108 valence electrons. The first-order valence-corrected chi connectivity index (χ1v) is 7.74. The first kappa shape index (κ1) is 16.0. The Kier molecular flexibility index (Phi) is 5.67. The molecule has 3 N–H and O–H groups in total. The van der Waals surface area contributed by atoms with Crippen LogP contribution in [-0.2, 0) is 0 Å². The van der Waals surface area contributed by atoms with Crippen LogP contribution in [0.4, 0.5) is 0 Å². The van der Waals surface area contributed by atoms with Crippen LogP contribution in [0.3, 0.4) is 0 Å². The third kappa shape index (κ3) is 4.55. The summed E-state index contributed by atoms with van der Waals surface area (Å²) >= 11 is 0. The molecule has 1 rings (SSSR count). The van der Waals surface area contributed by atoms with E-state index in [1.807, 2.05) is 0 Å². The van der Waals surface area contributed by atoms with E-state index in [0.29, 0.717) is 11.3 Å². The van der Waals surface area contributed by atoms with Gasteiger partial charge in [0.2, 0.25) is 0 Å². The summed E-state index contributed by atoms with van der Waals surface area (Å²) in [6, 6.07) is 0. The molecule has 18 heavy (non-hydrogen) atoms. The molecule has 2 atom stereocenters. The molecule has 0 aromatic carbocycles. The molecule has 2 nitrogen and oxygen atoms in total. The molecule has 0 aliphatic heterocycles. The van der Waals surface area contributed by atoms with Gasteiger partial charge >= 0.3 is 0 Å². The Hall–Kier alpha value is -0.0800. The second-order valence-electron chi connectivity index (χ2n) is 7.75. The van der Waals surface area contributed by atoms with Crippen molar-refractivity contribution in [1.29, 1.82) is 0 Å². The normalized spacial score (nSPS) is 30.5. The van der Waals surface area contributed by atoms with Crippen molar-refractivity contribution in [3.8, 4) is 0 Å². The first-order chi connectivity index (χ1) is 8.29. The Morgan fingerprint density at radius 2 is 1.89 bits per heavy atom. The van der Waals surface area contributed by atoms with Crippen LogP contribution in [0.15, 0.2) is 0 Å². The molecule has 0 bridgehead atoms. The van der Waals surface area contributed by atoms with Gasteiger partial charge in [-0.3, -0.25) is 0 Å². The zero-order chi connectivity index (χ0) is 13.8. The summed E-state index contributed by atoms with van der Waals surface area (Å²) in [5, 5.41) is 3.77. The zero-order valence-electron chi connectivity index (χ0n) is 13.2. The lowest BCUT2D eigenvalue weighted by atomic mass is 9.76. The Bertz CT molecular complexity index is 242. The number of hydrogen-bond acceptors (Lipinski definition) is 2. The van der Waals surface area contributed by atoms with Crippen molar-refractivity contribution in [1.82, 2.24) is 5.32 Å². The van der Waals surface area contributed by atoms with Gasteiger partial charge in [-0.1, -0.05) is 41.0 Å². The smallest absolute Gasteiger partial charge is 0.0304 e. The lowest BCUT2D eigenvalue weighted by molar-refractivity contribution is 0.205. The fourth-order valence-corrected chi connectivity index (χ4v) is 3.15. The van der Waals surface area contributed by atoms with Crippen LogP contribution in [0.2, 0.25) is 0 Å². The van der Waals surface area contributed by atoms with Gasteiger partial charge in [0.25, 0.3) is 0 Å². The average Bonchev–Trinajstić information content (AvgIpc) is 2.49. The summed E-state index contributed by atoms with van der Waals surface area (Å²) in [5.74, 6) is 1.56. The molecule has 2 unspecified atom stereocenters. The van der Waals surface area contributed by atoms with Gasteiger partial charge in [0, 0.05) is 12.1 Å². The van der Waals surface area contributed by atoms with E-state index >= 15 is 0 Å². The summed E-state index contributed by atoms with van der Waals surface area (Å²) < 4.78 is 0. The van der Waals surface area contributed by atoms with E-state index in [4.69, 9.17) is 5.73 Å². The minimum absolute atomic E-state index is 0.213. The lowest BCUT2D eigenvalue weighted by Gasteiger charge is -2.35. The van der Waals surface area contributed by atoms with Crippen LogP contribution in [0.25, 0.3) is 0 Å². The van der Waals surface area contributed by atoms with Crippen molar-refractivity contribution in [2.45, 2.75) is 72.3 Å². The molecule has 1 fully saturated rings. The van der Waals surface area contributed by atoms with Crippen molar-refractivity contribution >= 4 is 0 Å². The van der Waals surface area contributed by atoms with Gasteiger partial charge in [-0.15, -0.1) is 0 Å².